The highest BCUT2D eigenvalue weighted by Gasteiger charge is 2.21. The van der Waals surface area contributed by atoms with E-state index in [9.17, 15) is 20.1 Å². The number of aliphatic carboxylic acids is 1. The average molecular weight is 649 g/mol. The first-order valence-electron chi connectivity index (χ1n) is 13.0. The maximum Gasteiger partial charge on any atom is 0.323 e. The van der Waals surface area contributed by atoms with Gasteiger partial charge in [-0.2, -0.15) is 10.5 Å². The summed E-state index contributed by atoms with van der Waals surface area (Å²) in [6, 6.07) is 17.3. The molecule has 0 unspecified atom stereocenters. The number of hydrogen-bond donors (Lipinski definition) is 3. The Bertz CT molecular complexity index is 1730. The van der Waals surface area contributed by atoms with Crippen LogP contribution in [0.2, 0.25) is 5.02 Å². The van der Waals surface area contributed by atoms with Crippen molar-refractivity contribution in [2.24, 2.45) is 5.73 Å². The highest BCUT2D eigenvalue weighted by molar-refractivity contribution is 7.98. The predicted molar refractivity (Wildman–Crippen MR) is 167 cm³/mol. The van der Waals surface area contributed by atoms with Gasteiger partial charge in [-0.05, 0) is 36.2 Å². The van der Waals surface area contributed by atoms with Gasteiger partial charge in [0.1, 0.15) is 58.6 Å². The maximum absolute atomic E-state index is 11.9. The smallest absolute Gasteiger partial charge is 0.323 e. The summed E-state index contributed by atoms with van der Waals surface area (Å²) in [4.78, 5) is 31.5. The molecule has 0 fully saturated rings. The first-order valence-corrected chi connectivity index (χ1v) is 15.3. The summed E-state index contributed by atoms with van der Waals surface area (Å²) in [6.45, 7) is -0.0524. The summed E-state index contributed by atoms with van der Waals surface area (Å²) >= 11 is 8.78. The van der Waals surface area contributed by atoms with Gasteiger partial charge in [0.15, 0.2) is 0 Å². The van der Waals surface area contributed by atoms with E-state index in [1.807, 2.05) is 17.5 Å². The second kappa shape index (κ2) is 15.2. The number of carboxylic acid groups (broad SMARTS) is 1. The van der Waals surface area contributed by atoms with Crippen LogP contribution in [0.4, 0.5) is 5.82 Å². The Kier molecular flexibility index (Phi) is 11.1. The molecule has 0 aliphatic rings. The summed E-state index contributed by atoms with van der Waals surface area (Å²) in [5, 5.41) is 32.4. The molecule has 2 heterocycles. The highest BCUT2D eigenvalue weighted by Crippen LogP contribution is 2.37. The molecule has 1 atom stereocenters. The van der Waals surface area contributed by atoms with Crippen molar-refractivity contribution < 1.29 is 24.2 Å². The van der Waals surface area contributed by atoms with Crippen molar-refractivity contribution in [2.75, 3.05) is 18.9 Å². The van der Waals surface area contributed by atoms with Crippen LogP contribution in [0.3, 0.4) is 0 Å². The Morgan fingerprint density at radius 1 is 1.02 bits per heavy atom. The largest absolute Gasteiger partial charge is 0.490 e. The summed E-state index contributed by atoms with van der Waals surface area (Å²) in [5.74, 6) is -0.869. The van der Waals surface area contributed by atoms with Crippen molar-refractivity contribution in [3.63, 3.8) is 0 Å². The third kappa shape index (κ3) is 8.24. The van der Waals surface area contributed by atoms with Crippen LogP contribution in [0.15, 0.2) is 58.9 Å². The van der Waals surface area contributed by atoms with Gasteiger partial charge in [-0.3, -0.25) is 9.59 Å². The molecule has 224 valence electrons. The lowest BCUT2D eigenvalue weighted by atomic mass is 9.97. The summed E-state index contributed by atoms with van der Waals surface area (Å²) < 4.78 is 10.7. The van der Waals surface area contributed by atoms with Gasteiger partial charge in [0, 0.05) is 33.7 Å². The minimum Gasteiger partial charge on any atom is -0.490 e. The Balaban J connectivity index is 1.44. The van der Waals surface area contributed by atoms with Gasteiger partial charge < -0.3 is 26.0 Å². The fourth-order valence-corrected chi connectivity index (χ4v) is 5.90. The zero-order valence-corrected chi connectivity index (χ0v) is 25.4. The Labute approximate surface area is 266 Å². The van der Waals surface area contributed by atoms with E-state index in [2.05, 4.69) is 22.1 Å². The molecule has 2 aromatic carbocycles. The molecule has 0 aliphatic heterocycles. The third-order valence-corrected chi connectivity index (χ3v) is 8.33. The van der Waals surface area contributed by atoms with Crippen LogP contribution in [-0.4, -0.2) is 46.3 Å². The van der Waals surface area contributed by atoms with E-state index in [-0.39, 0.29) is 43.0 Å². The van der Waals surface area contributed by atoms with Crippen LogP contribution in [0.1, 0.15) is 29.7 Å². The van der Waals surface area contributed by atoms with Crippen molar-refractivity contribution in [1.82, 2.24) is 9.97 Å². The summed E-state index contributed by atoms with van der Waals surface area (Å²) in [6.07, 6.45) is -0.261. The minimum atomic E-state index is -1.05. The number of nitriles is 2. The first kappa shape index (κ1) is 32.3. The van der Waals surface area contributed by atoms with E-state index in [1.165, 1.54) is 23.1 Å². The van der Waals surface area contributed by atoms with E-state index in [0.29, 0.717) is 32.7 Å². The highest BCUT2D eigenvalue weighted by atomic mass is 35.5. The molecule has 44 heavy (non-hydrogen) atoms. The summed E-state index contributed by atoms with van der Waals surface area (Å²) in [7, 11) is 0. The molecule has 0 amide bonds. The van der Waals surface area contributed by atoms with Crippen molar-refractivity contribution >= 4 is 52.5 Å². The fraction of sp³-hybridized carbons (Fsp3) is 0.200. The van der Waals surface area contributed by atoms with Gasteiger partial charge in [-0.15, -0.1) is 11.3 Å². The molecular formula is C30H25ClN6O5S2. The number of benzene rings is 2. The number of carboxylic acids is 1. The topological polar surface area (TPSA) is 198 Å². The molecule has 0 spiro atoms. The number of esters is 1. The number of nitrogens with zero attached hydrogens (tertiary/aromatic N) is 4. The van der Waals surface area contributed by atoms with Crippen molar-refractivity contribution in [3.05, 3.63) is 75.8 Å². The number of anilines is 1. The molecular weight excluding hydrogens is 624 g/mol. The second-order valence-electron chi connectivity index (χ2n) is 9.17. The van der Waals surface area contributed by atoms with Crippen LogP contribution >= 0.6 is 34.7 Å². The van der Waals surface area contributed by atoms with Gasteiger partial charge in [0.05, 0.1) is 11.3 Å². The normalized spacial score (nSPS) is 11.3. The van der Waals surface area contributed by atoms with Crippen LogP contribution in [-0.2, 0) is 20.1 Å². The number of thioether (sulfide) groups is 1. The molecule has 0 aliphatic carbocycles. The number of thiazole rings is 1. The van der Waals surface area contributed by atoms with E-state index in [4.69, 9.17) is 37.6 Å². The standard InChI is InChI=1S/C30H25ClN6O5S2/c31-19-5-1-18(2-6-19)28-36-20(15-43-28)16-44-29-23(14-33)26(22(13-32)27(35)37-29)17-3-7-21(8-4-17)41-11-12-42-30(40)24(34)9-10-25(38)39/h1-8,15,24H,9-12,16,34H2,(H2,35,37)(H,38,39)/t24-/m0/s1. The fourth-order valence-electron chi connectivity index (χ4n) is 3.96. The number of carbonyl (C=O) groups is 2. The zero-order valence-electron chi connectivity index (χ0n) is 23.0. The molecule has 0 saturated carbocycles. The van der Waals surface area contributed by atoms with Gasteiger partial charge in [-0.25, -0.2) is 9.97 Å². The van der Waals surface area contributed by atoms with Crippen molar-refractivity contribution in [1.29, 1.82) is 10.5 Å². The number of aromatic nitrogens is 2. The Morgan fingerprint density at radius 2 is 1.70 bits per heavy atom. The van der Waals surface area contributed by atoms with Crippen LogP contribution in [0.25, 0.3) is 21.7 Å². The molecule has 4 aromatic rings. The quantitative estimate of drug-likeness (QED) is 0.0967. The second-order valence-corrected chi connectivity index (χ2v) is 11.4. The number of hydrogen-bond acceptors (Lipinski definition) is 12. The molecule has 11 nitrogen and oxygen atoms in total. The predicted octanol–water partition coefficient (Wildman–Crippen LogP) is 5.26. The lowest BCUT2D eigenvalue weighted by Crippen LogP contribution is -2.33. The number of pyridine rings is 1. The van der Waals surface area contributed by atoms with E-state index in [0.717, 1.165) is 16.3 Å². The Morgan fingerprint density at radius 3 is 2.36 bits per heavy atom. The Hall–Kier alpha value is -4.66. The molecule has 2 aromatic heterocycles. The molecule has 0 saturated heterocycles. The first-order chi connectivity index (χ1) is 21.2. The lowest BCUT2D eigenvalue weighted by molar-refractivity contribution is -0.146. The molecule has 5 N–H and O–H groups in total. The van der Waals surface area contributed by atoms with Gasteiger partial charge >= 0.3 is 11.9 Å². The van der Waals surface area contributed by atoms with E-state index < -0.39 is 18.0 Å². The number of rotatable bonds is 13. The van der Waals surface area contributed by atoms with Crippen LogP contribution in [0, 0.1) is 22.7 Å². The molecule has 14 heteroatoms. The number of ether oxygens (including phenoxy) is 2. The molecule has 0 bridgehead atoms. The minimum absolute atomic E-state index is 0.00726. The number of nitrogen functional groups attached to an aromatic ring is 1. The molecule has 4 rings (SSSR count). The van der Waals surface area contributed by atoms with Crippen molar-refractivity contribution in [3.8, 4) is 39.6 Å². The average Bonchev–Trinajstić information content (AvgIpc) is 3.50. The third-order valence-electron chi connectivity index (χ3n) is 6.13. The van der Waals surface area contributed by atoms with Crippen molar-refractivity contribution in [2.45, 2.75) is 29.7 Å². The number of halogens is 1. The van der Waals surface area contributed by atoms with Gasteiger partial charge in [0.2, 0.25) is 0 Å². The summed E-state index contributed by atoms with van der Waals surface area (Å²) in [5.41, 5.74) is 14.8. The zero-order chi connectivity index (χ0) is 31.6. The van der Waals surface area contributed by atoms with Crippen LogP contribution in [0.5, 0.6) is 5.75 Å². The lowest BCUT2D eigenvalue weighted by Gasteiger charge is -2.14. The SMILES string of the molecule is N#Cc1c(N)nc(SCc2csc(-c3ccc(Cl)cc3)n2)c(C#N)c1-c1ccc(OCCOC(=O)[C@@H](N)CCC(=O)O)cc1. The van der Waals surface area contributed by atoms with E-state index >= 15 is 0 Å². The van der Waals surface area contributed by atoms with Crippen LogP contribution < -0.4 is 16.2 Å². The number of nitrogens with two attached hydrogens (primary N) is 2. The van der Waals surface area contributed by atoms with Gasteiger partial charge in [0.25, 0.3) is 0 Å². The van der Waals surface area contributed by atoms with E-state index in [1.54, 1.807) is 36.4 Å². The number of carbonyl (C=O) groups excluding carboxylic acids is 1. The van der Waals surface area contributed by atoms with Gasteiger partial charge in [-0.1, -0.05) is 47.6 Å². The monoisotopic (exact) mass is 648 g/mol. The molecule has 0 radical (unpaired) electrons. The maximum atomic E-state index is 11.9.